The summed E-state index contributed by atoms with van der Waals surface area (Å²) in [6.45, 7) is 6.55. The Hall–Kier alpha value is -1.32. The molecule has 0 amide bonds. The van der Waals surface area contributed by atoms with Crippen molar-refractivity contribution in [2.24, 2.45) is 0 Å². The van der Waals surface area contributed by atoms with Crippen LogP contribution >= 0.6 is 0 Å². The minimum Gasteiger partial charge on any atom is -0.489 e. The van der Waals surface area contributed by atoms with Gasteiger partial charge in [0.1, 0.15) is 12.4 Å². The highest BCUT2D eigenvalue weighted by Crippen LogP contribution is 2.37. The molecule has 156 valence electrons. The van der Waals surface area contributed by atoms with E-state index in [1.165, 1.54) is 69.9 Å². The monoisotopic (exact) mass is 385 g/mol. The summed E-state index contributed by atoms with van der Waals surface area (Å²) in [6.07, 6.45) is 15.8. The van der Waals surface area contributed by atoms with Gasteiger partial charge in [0, 0.05) is 25.6 Å². The SMILES string of the molecule is C=CCOc1ccccc1C1CCN(C2CCCCCCCCC2)CC1OC. The molecular formula is C25H39NO2. The van der Waals surface area contributed by atoms with Crippen LogP contribution in [0.5, 0.6) is 5.75 Å². The Bertz CT molecular complexity index is 578. The van der Waals surface area contributed by atoms with Crippen molar-refractivity contribution in [3.63, 3.8) is 0 Å². The molecule has 1 aromatic rings. The molecule has 28 heavy (non-hydrogen) atoms. The van der Waals surface area contributed by atoms with E-state index in [0.717, 1.165) is 24.8 Å². The van der Waals surface area contributed by atoms with Crippen LogP contribution in [0.1, 0.15) is 75.7 Å². The average Bonchev–Trinajstić information content (AvgIpc) is 2.75. The van der Waals surface area contributed by atoms with Crippen molar-refractivity contribution >= 4 is 0 Å². The van der Waals surface area contributed by atoms with E-state index in [1.54, 1.807) is 0 Å². The summed E-state index contributed by atoms with van der Waals surface area (Å²) in [4.78, 5) is 2.74. The first-order valence-corrected chi connectivity index (χ1v) is 11.4. The zero-order chi connectivity index (χ0) is 19.6. The highest BCUT2D eigenvalue weighted by atomic mass is 16.5. The molecular weight excluding hydrogens is 346 g/mol. The van der Waals surface area contributed by atoms with E-state index in [2.05, 4.69) is 35.7 Å². The molecule has 1 heterocycles. The molecule has 3 heteroatoms. The Balaban J connectivity index is 1.66. The standard InChI is InChI=1S/C25H39NO2/c1-3-19-28-24-16-12-11-15-22(24)23-17-18-26(20-25(23)27-2)21-13-9-7-5-4-6-8-10-14-21/h3,11-12,15-16,21,23,25H,1,4-10,13-14,17-20H2,2H3. The Morgan fingerprint density at radius 3 is 2.36 bits per heavy atom. The summed E-state index contributed by atoms with van der Waals surface area (Å²) in [7, 11) is 1.88. The van der Waals surface area contributed by atoms with Gasteiger partial charge in [-0.05, 0) is 37.4 Å². The fourth-order valence-corrected chi connectivity index (χ4v) is 5.09. The van der Waals surface area contributed by atoms with Gasteiger partial charge in [-0.3, -0.25) is 4.90 Å². The van der Waals surface area contributed by atoms with Crippen LogP contribution < -0.4 is 4.74 Å². The lowest BCUT2D eigenvalue weighted by atomic mass is 9.85. The molecule has 1 aromatic carbocycles. The molecule has 3 rings (SSSR count). The van der Waals surface area contributed by atoms with Crippen molar-refractivity contribution in [1.82, 2.24) is 4.90 Å². The second-order valence-electron chi connectivity index (χ2n) is 8.51. The number of rotatable bonds is 6. The summed E-state index contributed by atoms with van der Waals surface area (Å²) in [6, 6.07) is 9.21. The van der Waals surface area contributed by atoms with Crippen molar-refractivity contribution in [3.05, 3.63) is 42.5 Å². The number of likely N-dealkylation sites (tertiary alicyclic amines) is 1. The summed E-state index contributed by atoms with van der Waals surface area (Å²) in [5.74, 6) is 1.39. The average molecular weight is 386 g/mol. The molecule has 0 spiro atoms. The van der Waals surface area contributed by atoms with Crippen molar-refractivity contribution in [1.29, 1.82) is 0 Å². The lowest BCUT2D eigenvalue weighted by Gasteiger charge is -2.42. The number of ether oxygens (including phenoxy) is 2. The van der Waals surface area contributed by atoms with Gasteiger partial charge in [-0.2, -0.15) is 0 Å². The van der Waals surface area contributed by atoms with Crippen LogP contribution in [0.25, 0.3) is 0 Å². The van der Waals surface area contributed by atoms with Gasteiger partial charge in [0.05, 0.1) is 6.10 Å². The maximum Gasteiger partial charge on any atom is 0.123 e. The van der Waals surface area contributed by atoms with Crippen LogP contribution in [0.15, 0.2) is 36.9 Å². The summed E-state index contributed by atoms with van der Waals surface area (Å²) >= 11 is 0. The van der Waals surface area contributed by atoms with Crippen LogP contribution in [0.4, 0.5) is 0 Å². The van der Waals surface area contributed by atoms with Gasteiger partial charge in [0.25, 0.3) is 0 Å². The van der Waals surface area contributed by atoms with Crippen LogP contribution in [0.3, 0.4) is 0 Å². The molecule has 1 saturated heterocycles. The van der Waals surface area contributed by atoms with Crippen LogP contribution in [0, 0.1) is 0 Å². The zero-order valence-corrected chi connectivity index (χ0v) is 17.8. The summed E-state index contributed by atoms with van der Waals surface area (Å²) in [5.41, 5.74) is 1.29. The Morgan fingerprint density at radius 1 is 1.00 bits per heavy atom. The van der Waals surface area contributed by atoms with Gasteiger partial charge in [-0.15, -0.1) is 0 Å². The van der Waals surface area contributed by atoms with Crippen molar-refractivity contribution in [2.45, 2.75) is 82.3 Å². The lowest BCUT2D eigenvalue weighted by Crippen LogP contribution is -2.48. The first kappa shape index (κ1) is 21.4. The number of nitrogens with zero attached hydrogens (tertiary/aromatic N) is 1. The molecule has 3 nitrogen and oxygen atoms in total. The molecule has 1 aliphatic heterocycles. The predicted octanol–water partition coefficient (Wildman–Crippen LogP) is 5.95. The molecule has 2 atom stereocenters. The molecule has 2 fully saturated rings. The second kappa shape index (κ2) is 11.6. The van der Waals surface area contributed by atoms with E-state index in [1.807, 2.05) is 13.2 Å². The largest absolute Gasteiger partial charge is 0.489 e. The molecule has 0 N–H and O–H groups in total. The number of piperidine rings is 1. The number of methoxy groups -OCH3 is 1. The number of hydrogen-bond acceptors (Lipinski definition) is 3. The third kappa shape index (κ3) is 5.84. The first-order chi connectivity index (χ1) is 13.8. The third-order valence-corrected chi connectivity index (χ3v) is 6.66. The molecule has 1 aliphatic carbocycles. The smallest absolute Gasteiger partial charge is 0.123 e. The van der Waals surface area contributed by atoms with Gasteiger partial charge in [0.15, 0.2) is 0 Å². The molecule has 1 saturated carbocycles. The highest BCUT2D eigenvalue weighted by Gasteiger charge is 2.34. The number of para-hydroxylation sites is 1. The van der Waals surface area contributed by atoms with Gasteiger partial charge < -0.3 is 9.47 Å². The predicted molar refractivity (Wildman–Crippen MR) is 117 cm³/mol. The van der Waals surface area contributed by atoms with Crippen molar-refractivity contribution in [2.75, 3.05) is 26.8 Å². The van der Waals surface area contributed by atoms with E-state index in [-0.39, 0.29) is 6.10 Å². The van der Waals surface area contributed by atoms with Crippen molar-refractivity contribution in [3.8, 4) is 5.75 Å². The van der Waals surface area contributed by atoms with Gasteiger partial charge in [0.2, 0.25) is 0 Å². The van der Waals surface area contributed by atoms with E-state index in [4.69, 9.17) is 9.47 Å². The van der Waals surface area contributed by atoms with Gasteiger partial charge in [-0.25, -0.2) is 0 Å². The summed E-state index contributed by atoms with van der Waals surface area (Å²) < 4.78 is 12.0. The number of hydrogen-bond donors (Lipinski definition) is 0. The third-order valence-electron chi connectivity index (χ3n) is 6.66. The zero-order valence-electron chi connectivity index (χ0n) is 17.8. The molecule has 0 bridgehead atoms. The minimum atomic E-state index is 0.234. The second-order valence-corrected chi connectivity index (χ2v) is 8.51. The van der Waals surface area contributed by atoms with E-state index < -0.39 is 0 Å². The van der Waals surface area contributed by atoms with Crippen LogP contribution in [-0.4, -0.2) is 43.9 Å². The molecule has 2 unspecified atom stereocenters. The molecule has 0 radical (unpaired) electrons. The Kier molecular flexibility index (Phi) is 8.88. The van der Waals surface area contributed by atoms with E-state index in [9.17, 15) is 0 Å². The van der Waals surface area contributed by atoms with Crippen LogP contribution in [-0.2, 0) is 4.74 Å². The molecule has 0 aromatic heterocycles. The Morgan fingerprint density at radius 2 is 1.68 bits per heavy atom. The first-order valence-electron chi connectivity index (χ1n) is 11.4. The maximum absolute atomic E-state index is 6.02. The van der Waals surface area contributed by atoms with Gasteiger partial charge in [-0.1, -0.05) is 75.8 Å². The van der Waals surface area contributed by atoms with E-state index in [0.29, 0.717) is 12.5 Å². The normalized spacial score (nSPS) is 25.9. The fourth-order valence-electron chi connectivity index (χ4n) is 5.09. The lowest BCUT2D eigenvalue weighted by molar-refractivity contribution is -0.00521. The maximum atomic E-state index is 6.02. The van der Waals surface area contributed by atoms with Crippen molar-refractivity contribution < 1.29 is 9.47 Å². The molecule has 2 aliphatic rings. The van der Waals surface area contributed by atoms with E-state index >= 15 is 0 Å². The highest BCUT2D eigenvalue weighted by molar-refractivity contribution is 5.37. The van der Waals surface area contributed by atoms with Gasteiger partial charge >= 0.3 is 0 Å². The Labute approximate surface area is 172 Å². The topological polar surface area (TPSA) is 21.7 Å². The summed E-state index contributed by atoms with van der Waals surface area (Å²) in [5, 5.41) is 0. The van der Waals surface area contributed by atoms with Crippen LogP contribution in [0.2, 0.25) is 0 Å². The quantitative estimate of drug-likeness (QED) is 0.565. The minimum absolute atomic E-state index is 0.234. The number of benzene rings is 1. The fraction of sp³-hybridized carbons (Fsp3) is 0.680.